The fourth-order valence-electron chi connectivity index (χ4n) is 1.88. The van der Waals surface area contributed by atoms with Gasteiger partial charge in [0.05, 0.1) is 6.54 Å². The highest BCUT2D eigenvalue weighted by Gasteiger charge is 2.19. The monoisotopic (exact) mass is 297 g/mol. The van der Waals surface area contributed by atoms with Gasteiger partial charge in [0.2, 0.25) is 5.91 Å². The summed E-state index contributed by atoms with van der Waals surface area (Å²) in [7, 11) is 1.73. The van der Waals surface area contributed by atoms with E-state index in [1.807, 2.05) is 12.1 Å². The van der Waals surface area contributed by atoms with E-state index in [0.717, 1.165) is 5.75 Å². The molecule has 4 heteroatoms. The first-order valence-corrected chi connectivity index (χ1v) is 7.33. The molecule has 1 aromatic rings. The quantitative estimate of drug-likeness (QED) is 0.780. The van der Waals surface area contributed by atoms with Gasteiger partial charge in [-0.25, -0.2) is 0 Å². The molecule has 20 heavy (non-hydrogen) atoms. The number of hydrogen-bond donors (Lipinski definition) is 0. The van der Waals surface area contributed by atoms with Crippen LogP contribution in [-0.4, -0.2) is 36.9 Å². The van der Waals surface area contributed by atoms with Crippen molar-refractivity contribution in [2.45, 2.75) is 33.1 Å². The normalized spacial score (nSPS) is 11.3. The number of rotatable bonds is 5. The molecule has 0 radical (unpaired) electrons. The fourth-order valence-corrected chi connectivity index (χ4v) is 2.08. The van der Waals surface area contributed by atoms with Gasteiger partial charge < -0.3 is 9.64 Å². The highest BCUT2D eigenvalue weighted by atomic mass is 35.5. The molecule has 0 aliphatic rings. The summed E-state index contributed by atoms with van der Waals surface area (Å²) in [4.78, 5) is 12.9. The molecule has 0 heterocycles. The molecule has 0 N–H and O–H groups in total. The lowest BCUT2D eigenvalue weighted by atomic mass is 9.85. The van der Waals surface area contributed by atoms with E-state index in [1.54, 1.807) is 11.9 Å². The van der Waals surface area contributed by atoms with E-state index in [4.69, 9.17) is 16.3 Å². The molecule has 112 valence electrons. The molecule has 1 aromatic carbocycles. The molecule has 0 bridgehead atoms. The summed E-state index contributed by atoms with van der Waals surface area (Å²) in [6.45, 7) is 9.56. The van der Waals surface area contributed by atoms with Gasteiger partial charge in [-0.05, 0) is 24.0 Å². The maximum atomic E-state index is 11.4. The third kappa shape index (κ3) is 4.71. The van der Waals surface area contributed by atoms with Crippen LogP contribution in [0.15, 0.2) is 18.2 Å². The number of carbonyl (C=O) groups is 1. The van der Waals surface area contributed by atoms with Crippen LogP contribution in [0.2, 0.25) is 0 Å². The zero-order valence-corrected chi connectivity index (χ0v) is 13.8. The highest BCUT2D eigenvalue weighted by Crippen LogP contribution is 2.32. The molecule has 0 fully saturated rings. The van der Waals surface area contributed by atoms with Crippen molar-refractivity contribution in [3.63, 3.8) is 0 Å². The van der Waals surface area contributed by atoms with Gasteiger partial charge >= 0.3 is 0 Å². The molecule has 3 nitrogen and oxygen atoms in total. The minimum atomic E-state index is -0.0878. The lowest BCUT2D eigenvalue weighted by molar-refractivity contribution is -0.127. The number of carbonyl (C=O) groups excluding carboxylic acids is 1. The van der Waals surface area contributed by atoms with Gasteiger partial charge in [0, 0.05) is 7.05 Å². The Morgan fingerprint density at radius 2 is 2.00 bits per heavy atom. The van der Waals surface area contributed by atoms with E-state index in [0.29, 0.717) is 13.2 Å². The van der Waals surface area contributed by atoms with Gasteiger partial charge in [-0.3, -0.25) is 4.79 Å². The first-order valence-electron chi connectivity index (χ1n) is 6.79. The number of nitrogens with zero attached hydrogens (tertiary/aromatic N) is 1. The fraction of sp³-hybridized carbons (Fsp3) is 0.562. The largest absolute Gasteiger partial charge is 0.491 e. The average Bonchev–Trinajstić information content (AvgIpc) is 2.38. The van der Waals surface area contributed by atoms with Crippen LogP contribution in [0, 0.1) is 6.92 Å². The maximum Gasteiger partial charge on any atom is 0.237 e. The second-order valence-electron chi connectivity index (χ2n) is 6.05. The number of amides is 1. The van der Waals surface area contributed by atoms with Gasteiger partial charge in [0.15, 0.2) is 0 Å². The first kappa shape index (κ1) is 16.8. The van der Waals surface area contributed by atoms with Gasteiger partial charge in [-0.15, -0.1) is 11.6 Å². The third-order valence-electron chi connectivity index (χ3n) is 3.17. The summed E-state index contributed by atoms with van der Waals surface area (Å²) >= 11 is 5.51. The van der Waals surface area contributed by atoms with Crippen molar-refractivity contribution in [2.75, 3.05) is 26.1 Å². The highest BCUT2D eigenvalue weighted by molar-refractivity contribution is 6.27. The molecule has 0 saturated carbocycles. The number of ether oxygens (including phenoxy) is 1. The molecule has 1 amide bonds. The Hall–Kier alpha value is -1.22. The Morgan fingerprint density at radius 3 is 2.55 bits per heavy atom. The molecule has 0 aliphatic carbocycles. The molecular weight excluding hydrogens is 274 g/mol. The van der Waals surface area contributed by atoms with Crippen LogP contribution >= 0.6 is 11.6 Å². The molecule has 0 unspecified atom stereocenters. The Balaban J connectivity index is 2.71. The topological polar surface area (TPSA) is 29.5 Å². The number of aryl methyl sites for hydroxylation is 1. The standard InChI is InChI=1S/C16H24ClNO2/c1-12-6-7-14(13(10-12)16(2,3)4)20-9-8-18(5)15(19)11-17/h6-7,10H,8-9,11H2,1-5H3. The van der Waals surface area contributed by atoms with Crippen LogP contribution in [0.3, 0.4) is 0 Å². The first-order chi connectivity index (χ1) is 9.25. The number of likely N-dealkylation sites (N-methyl/N-ethyl adjacent to an activating group) is 1. The lowest BCUT2D eigenvalue weighted by Crippen LogP contribution is -2.31. The van der Waals surface area contributed by atoms with Crippen LogP contribution in [0.25, 0.3) is 0 Å². The van der Waals surface area contributed by atoms with Crippen molar-refractivity contribution >= 4 is 17.5 Å². The second-order valence-corrected chi connectivity index (χ2v) is 6.31. The number of alkyl halides is 1. The molecule has 0 aromatic heterocycles. The minimum Gasteiger partial charge on any atom is -0.491 e. The third-order valence-corrected chi connectivity index (χ3v) is 3.40. The smallest absolute Gasteiger partial charge is 0.237 e. The predicted molar refractivity (Wildman–Crippen MR) is 83.7 cm³/mol. The van der Waals surface area contributed by atoms with Gasteiger partial charge in [-0.1, -0.05) is 38.5 Å². The Morgan fingerprint density at radius 1 is 1.35 bits per heavy atom. The van der Waals surface area contributed by atoms with E-state index >= 15 is 0 Å². The zero-order chi connectivity index (χ0) is 15.3. The summed E-state index contributed by atoms with van der Waals surface area (Å²) in [6.07, 6.45) is 0. The van der Waals surface area contributed by atoms with Crippen LogP contribution in [0.4, 0.5) is 0 Å². The number of benzene rings is 1. The van der Waals surface area contributed by atoms with Crippen LogP contribution in [0.1, 0.15) is 31.9 Å². The van der Waals surface area contributed by atoms with Crippen molar-refractivity contribution in [3.8, 4) is 5.75 Å². The number of halogens is 1. The molecule has 0 aliphatic heterocycles. The molecule has 1 rings (SSSR count). The van der Waals surface area contributed by atoms with Gasteiger partial charge in [-0.2, -0.15) is 0 Å². The van der Waals surface area contributed by atoms with E-state index in [1.165, 1.54) is 11.1 Å². The Bertz CT molecular complexity index is 466. The van der Waals surface area contributed by atoms with Crippen molar-refractivity contribution in [1.29, 1.82) is 0 Å². The minimum absolute atomic E-state index is 0.00821. The van der Waals surface area contributed by atoms with Gasteiger partial charge in [0.1, 0.15) is 18.2 Å². The van der Waals surface area contributed by atoms with Crippen LogP contribution in [-0.2, 0) is 10.2 Å². The van der Waals surface area contributed by atoms with E-state index in [9.17, 15) is 4.79 Å². The van der Waals surface area contributed by atoms with Crippen molar-refractivity contribution in [2.24, 2.45) is 0 Å². The maximum absolute atomic E-state index is 11.4. The lowest BCUT2D eigenvalue weighted by Gasteiger charge is -2.24. The second kappa shape index (κ2) is 6.98. The summed E-state index contributed by atoms with van der Waals surface area (Å²) in [5.41, 5.74) is 2.43. The van der Waals surface area contributed by atoms with E-state index in [2.05, 4.69) is 33.8 Å². The zero-order valence-electron chi connectivity index (χ0n) is 13.0. The molecule has 0 spiro atoms. The summed E-state index contributed by atoms with van der Waals surface area (Å²) in [6, 6.07) is 6.19. The Labute approximate surface area is 126 Å². The molecular formula is C16H24ClNO2. The van der Waals surface area contributed by atoms with E-state index in [-0.39, 0.29) is 17.2 Å². The number of hydrogen-bond acceptors (Lipinski definition) is 2. The molecule has 0 atom stereocenters. The summed E-state index contributed by atoms with van der Waals surface area (Å²) < 4.78 is 5.85. The SMILES string of the molecule is Cc1ccc(OCCN(C)C(=O)CCl)c(C(C)(C)C)c1. The average molecular weight is 298 g/mol. The van der Waals surface area contributed by atoms with Crippen LogP contribution in [0.5, 0.6) is 5.75 Å². The van der Waals surface area contributed by atoms with E-state index < -0.39 is 0 Å². The summed E-state index contributed by atoms with van der Waals surface area (Å²) in [5.74, 6) is 0.805. The van der Waals surface area contributed by atoms with Crippen LogP contribution < -0.4 is 4.74 Å². The van der Waals surface area contributed by atoms with Crippen molar-refractivity contribution < 1.29 is 9.53 Å². The predicted octanol–water partition coefficient (Wildman–Crippen LogP) is 3.37. The Kier molecular flexibility index (Phi) is 5.88. The summed E-state index contributed by atoms with van der Waals surface area (Å²) in [5, 5.41) is 0. The van der Waals surface area contributed by atoms with Crippen molar-refractivity contribution in [1.82, 2.24) is 4.90 Å². The molecule has 0 saturated heterocycles. The van der Waals surface area contributed by atoms with Crippen molar-refractivity contribution in [3.05, 3.63) is 29.3 Å². The van der Waals surface area contributed by atoms with Gasteiger partial charge in [0.25, 0.3) is 0 Å².